The number of nitrogens with two attached hydrogens (primary N) is 1. The molecule has 4 nitrogen and oxygen atoms in total. The lowest BCUT2D eigenvalue weighted by atomic mass is 10.1. The lowest BCUT2D eigenvalue weighted by molar-refractivity contribution is 0.476. The zero-order chi connectivity index (χ0) is 13.9. The SMILES string of the molecule is CC(C)C(C)NS(=O)(=O)c1cc(CN)ccc1Cl. The van der Waals surface area contributed by atoms with E-state index in [0.717, 1.165) is 5.56 Å². The van der Waals surface area contributed by atoms with Crippen LogP contribution in [0.15, 0.2) is 23.1 Å². The van der Waals surface area contributed by atoms with Crippen LogP contribution < -0.4 is 10.5 Å². The van der Waals surface area contributed by atoms with Crippen LogP contribution in [0.1, 0.15) is 26.3 Å². The first kappa shape index (κ1) is 15.4. The number of benzene rings is 1. The van der Waals surface area contributed by atoms with Crippen LogP contribution in [0.2, 0.25) is 5.02 Å². The summed E-state index contributed by atoms with van der Waals surface area (Å²) in [4.78, 5) is 0.0830. The molecule has 0 saturated heterocycles. The Morgan fingerprint density at radius 3 is 2.44 bits per heavy atom. The molecule has 0 radical (unpaired) electrons. The molecule has 0 aliphatic heterocycles. The molecule has 6 heteroatoms. The fourth-order valence-electron chi connectivity index (χ4n) is 1.32. The second-order valence-electron chi connectivity index (χ2n) is 4.62. The van der Waals surface area contributed by atoms with E-state index in [1.54, 1.807) is 12.1 Å². The normalized spacial score (nSPS) is 13.9. The monoisotopic (exact) mass is 290 g/mol. The first-order valence-electron chi connectivity index (χ1n) is 5.78. The fraction of sp³-hybridized carbons (Fsp3) is 0.500. The smallest absolute Gasteiger partial charge is 0.242 e. The zero-order valence-corrected chi connectivity index (χ0v) is 12.3. The zero-order valence-electron chi connectivity index (χ0n) is 10.8. The van der Waals surface area contributed by atoms with Crippen LogP contribution in [0.5, 0.6) is 0 Å². The molecule has 1 atom stereocenters. The van der Waals surface area contributed by atoms with Crippen molar-refractivity contribution in [2.75, 3.05) is 0 Å². The Balaban J connectivity index is 3.12. The Hall–Kier alpha value is -0.620. The molecule has 102 valence electrons. The standard InChI is InChI=1S/C12H19ClN2O2S/c1-8(2)9(3)15-18(16,17)12-6-10(7-14)4-5-11(12)13/h4-6,8-9,15H,7,14H2,1-3H3. The third-order valence-electron chi connectivity index (χ3n) is 2.86. The van der Waals surface area contributed by atoms with Gasteiger partial charge in [-0.2, -0.15) is 0 Å². The Bertz CT molecular complexity index is 515. The van der Waals surface area contributed by atoms with E-state index in [2.05, 4.69) is 4.72 Å². The summed E-state index contributed by atoms with van der Waals surface area (Å²) >= 11 is 5.94. The average molecular weight is 291 g/mol. The number of hydrogen-bond acceptors (Lipinski definition) is 3. The molecule has 1 aromatic rings. The molecule has 0 aliphatic rings. The molecular formula is C12H19ClN2O2S. The Morgan fingerprint density at radius 1 is 1.33 bits per heavy atom. The molecule has 0 aliphatic carbocycles. The molecule has 1 rings (SSSR count). The third kappa shape index (κ3) is 3.68. The summed E-state index contributed by atoms with van der Waals surface area (Å²) in [6.07, 6.45) is 0. The van der Waals surface area contributed by atoms with E-state index >= 15 is 0 Å². The molecule has 18 heavy (non-hydrogen) atoms. The van der Waals surface area contributed by atoms with Gasteiger partial charge in [-0.3, -0.25) is 0 Å². The maximum absolute atomic E-state index is 12.2. The summed E-state index contributed by atoms with van der Waals surface area (Å²) in [5.74, 6) is 0.205. The Kier molecular flexibility index (Phi) is 5.16. The molecule has 0 spiro atoms. The van der Waals surface area contributed by atoms with Gasteiger partial charge in [-0.15, -0.1) is 0 Å². The van der Waals surface area contributed by atoms with E-state index < -0.39 is 10.0 Å². The van der Waals surface area contributed by atoms with Crippen LogP contribution in [-0.2, 0) is 16.6 Å². The van der Waals surface area contributed by atoms with Gasteiger partial charge in [-0.1, -0.05) is 31.5 Å². The van der Waals surface area contributed by atoms with Gasteiger partial charge < -0.3 is 5.73 Å². The molecule has 0 saturated carbocycles. The van der Waals surface area contributed by atoms with Crippen molar-refractivity contribution in [3.63, 3.8) is 0 Å². The highest BCUT2D eigenvalue weighted by Crippen LogP contribution is 2.23. The molecule has 1 unspecified atom stereocenters. The third-order valence-corrected chi connectivity index (χ3v) is 4.90. The van der Waals surface area contributed by atoms with Crippen LogP contribution >= 0.6 is 11.6 Å². The van der Waals surface area contributed by atoms with E-state index in [0.29, 0.717) is 0 Å². The average Bonchev–Trinajstić information content (AvgIpc) is 2.28. The molecule has 1 aromatic carbocycles. The highest BCUT2D eigenvalue weighted by atomic mass is 35.5. The summed E-state index contributed by atoms with van der Waals surface area (Å²) in [5, 5.41) is 0.204. The van der Waals surface area contributed by atoms with E-state index in [1.165, 1.54) is 6.07 Å². The fourth-order valence-corrected chi connectivity index (χ4v) is 3.27. The molecule has 0 amide bonds. The van der Waals surface area contributed by atoms with Gasteiger partial charge in [0.05, 0.1) is 5.02 Å². The topological polar surface area (TPSA) is 72.2 Å². The Morgan fingerprint density at radius 2 is 1.94 bits per heavy atom. The van der Waals surface area contributed by atoms with Crippen molar-refractivity contribution in [2.24, 2.45) is 11.7 Å². The van der Waals surface area contributed by atoms with Crippen molar-refractivity contribution in [1.82, 2.24) is 4.72 Å². The van der Waals surface area contributed by atoms with Crippen LogP contribution in [-0.4, -0.2) is 14.5 Å². The van der Waals surface area contributed by atoms with Crippen LogP contribution in [0.25, 0.3) is 0 Å². The lowest BCUT2D eigenvalue weighted by Gasteiger charge is -2.18. The number of nitrogens with one attached hydrogen (secondary N) is 1. The first-order chi connectivity index (χ1) is 8.27. The van der Waals surface area contributed by atoms with E-state index in [4.69, 9.17) is 17.3 Å². The highest BCUT2D eigenvalue weighted by molar-refractivity contribution is 7.89. The van der Waals surface area contributed by atoms with Gasteiger partial charge in [-0.25, -0.2) is 13.1 Å². The van der Waals surface area contributed by atoms with E-state index in [1.807, 2.05) is 20.8 Å². The van der Waals surface area contributed by atoms with E-state index in [9.17, 15) is 8.42 Å². The minimum absolute atomic E-state index is 0.0830. The molecule has 0 fully saturated rings. The van der Waals surface area contributed by atoms with Crippen molar-refractivity contribution in [1.29, 1.82) is 0 Å². The quantitative estimate of drug-likeness (QED) is 0.872. The van der Waals surface area contributed by atoms with E-state index in [-0.39, 0.29) is 28.4 Å². The number of halogens is 1. The number of hydrogen-bond donors (Lipinski definition) is 2. The number of sulfonamides is 1. The second-order valence-corrected chi connectivity index (χ2v) is 6.71. The maximum atomic E-state index is 12.2. The van der Waals surface area contributed by atoms with Crippen LogP contribution in [0, 0.1) is 5.92 Å². The molecule has 0 bridgehead atoms. The Labute approximate surface area is 114 Å². The van der Waals surface area contributed by atoms with Gasteiger partial charge in [0.1, 0.15) is 4.90 Å². The van der Waals surface area contributed by atoms with Crippen molar-refractivity contribution >= 4 is 21.6 Å². The lowest BCUT2D eigenvalue weighted by Crippen LogP contribution is -2.36. The predicted octanol–water partition coefficient (Wildman–Crippen LogP) is 2.12. The second kappa shape index (κ2) is 6.02. The summed E-state index contributed by atoms with van der Waals surface area (Å²) in [6.45, 7) is 6.00. The van der Waals surface area contributed by atoms with Gasteiger partial charge in [0.25, 0.3) is 0 Å². The molecule has 0 heterocycles. The predicted molar refractivity (Wildman–Crippen MR) is 74.0 cm³/mol. The van der Waals surface area contributed by atoms with Crippen molar-refractivity contribution in [3.8, 4) is 0 Å². The summed E-state index contributed by atoms with van der Waals surface area (Å²) < 4.78 is 27.0. The molecule has 3 N–H and O–H groups in total. The van der Waals surface area contributed by atoms with Gasteiger partial charge >= 0.3 is 0 Å². The summed E-state index contributed by atoms with van der Waals surface area (Å²) in [6, 6.07) is 4.62. The van der Waals surface area contributed by atoms with Gasteiger partial charge in [0.15, 0.2) is 0 Å². The largest absolute Gasteiger partial charge is 0.326 e. The minimum Gasteiger partial charge on any atom is -0.326 e. The van der Waals surface area contributed by atoms with Crippen molar-refractivity contribution in [2.45, 2.75) is 38.3 Å². The molecule has 0 aromatic heterocycles. The van der Waals surface area contributed by atoms with Crippen molar-refractivity contribution in [3.05, 3.63) is 28.8 Å². The van der Waals surface area contributed by atoms with Gasteiger partial charge in [-0.05, 0) is 30.5 Å². The van der Waals surface area contributed by atoms with Gasteiger partial charge in [0.2, 0.25) is 10.0 Å². The summed E-state index contributed by atoms with van der Waals surface area (Å²) in [7, 11) is -3.61. The van der Waals surface area contributed by atoms with Crippen LogP contribution in [0.4, 0.5) is 0 Å². The van der Waals surface area contributed by atoms with Gasteiger partial charge in [0, 0.05) is 12.6 Å². The van der Waals surface area contributed by atoms with Crippen LogP contribution in [0.3, 0.4) is 0 Å². The number of rotatable bonds is 5. The van der Waals surface area contributed by atoms with Crippen molar-refractivity contribution < 1.29 is 8.42 Å². The highest BCUT2D eigenvalue weighted by Gasteiger charge is 2.22. The first-order valence-corrected chi connectivity index (χ1v) is 7.65. The minimum atomic E-state index is -3.61. The molecular weight excluding hydrogens is 272 g/mol. The maximum Gasteiger partial charge on any atom is 0.242 e. The summed E-state index contributed by atoms with van der Waals surface area (Å²) in [5.41, 5.74) is 6.24.